The van der Waals surface area contributed by atoms with E-state index in [2.05, 4.69) is 5.32 Å². The van der Waals surface area contributed by atoms with Gasteiger partial charge >= 0.3 is 0 Å². The van der Waals surface area contributed by atoms with Crippen LogP contribution in [-0.2, 0) is 19.6 Å². The molecule has 2 amide bonds. The predicted molar refractivity (Wildman–Crippen MR) is 125 cm³/mol. The SMILES string of the molecule is CCN(CC)S(=O)(=O)c1cccc(NC(=O)[C@@H]2CC(=O)N(c3ccc(OC)cc3OC)C2)c1. The van der Waals surface area contributed by atoms with Gasteiger partial charge in [-0.05, 0) is 30.3 Å². The lowest BCUT2D eigenvalue weighted by molar-refractivity contribution is -0.122. The first-order valence-electron chi connectivity index (χ1n) is 10.7. The Balaban J connectivity index is 1.76. The molecule has 0 aliphatic carbocycles. The van der Waals surface area contributed by atoms with Crippen molar-refractivity contribution in [2.75, 3.05) is 44.1 Å². The van der Waals surface area contributed by atoms with Crippen molar-refractivity contribution in [3.05, 3.63) is 42.5 Å². The van der Waals surface area contributed by atoms with Gasteiger partial charge in [0.2, 0.25) is 21.8 Å². The Morgan fingerprint density at radius 2 is 1.85 bits per heavy atom. The number of nitrogens with zero attached hydrogens (tertiary/aromatic N) is 2. The molecule has 1 atom stereocenters. The third kappa shape index (κ3) is 5.12. The van der Waals surface area contributed by atoms with Crippen LogP contribution in [0.2, 0.25) is 0 Å². The molecule has 2 aromatic rings. The van der Waals surface area contributed by atoms with E-state index >= 15 is 0 Å². The van der Waals surface area contributed by atoms with Crippen molar-refractivity contribution in [3.63, 3.8) is 0 Å². The standard InChI is InChI=1S/C23H29N3O6S/c1-5-25(6-2)33(29,30)19-9-7-8-17(13-19)24-23(28)16-12-22(27)26(15-16)20-11-10-18(31-3)14-21(20)32-4/h7-11,13-14,16H,5-6,12,15H2,1-4H3,(H,24,28)/t16-/m1/s1. The van der Waals surface area contributed by atoms with Crippen LogP contribution in [0.4, 0.5) is 11.4 Å². The molecule has 10 heteroatoms. The van der Waals surface area contributed by atoms with Crippen molar-refractivity contribution < 1.29 is 27.5 Å². The second-order valence-electron chi connectivity index (χ2n) is 7.55. The third-order valence-electron chi connectivity index (χ3n) is 5.62. The maximum atomic E-state index is 12.9. The number of nitrogens with one attached hydrogen (secondary N) is 1. The first-order chi connectivity index (χ1) is 15.7. The molecule has 33 heavy (non-hydrogen) atoms. The number of hydrogen-bond donors (Lipinski definition) is 1. The normalized spacial score (nSPS) is 16.2. The number of carbonyl (C=O) groups excluding carboxylic acids is 2. The summed E-state index contributed by atoms with van der Waals surface area (Å²) in [5.41, 5.74) is 0.923. The van der Waals surface area contributed by atoms with Crippen LogP contribution >= 0.6 is 0 Å². The van der Waals surface area contributed by atoms with Gasteiger partial charge in [-0.1, -0.05) is 19.9 Å². The van der Waals surface area contributed by atoms with Crippen LogP contribution in [0.3, 0.4) is 0 Å². The van der Waals surface area contributed by atoms with E-state index < -0.39 is 15.9 Å². The van der Waals surface area contributed by atoms with Crippen molar-refractivity contribution in [3.8, 4) is 11.5 Å². The quantitative estimate of drug-likeness (QED) is 0.598. The van der Waals surface area contributed by atoms with Crippen molar-refractivity contribution >= 4 is 33.2 Å². The number of benzene rings is 2. The lowest BCUT2D eigenvalue weighted by Crippen LogP contribution is -2.31. The minimum Gasteiger partial charge on any atom is -0.497 e. The molecule has 1 aliphatic heterocycles. The maximum absolute atomic E-state index is 12.9. The zero-order valence-electron chi connectivity index (χ0n) is 19.2. The molecule has 2 aromatic carbocycles. The van der Waals surface area contributed by atoms with Crippen LogP contribution < -0.4 is 19.7 Å². The summed E-state index contributed by atoms with van der Waals surface area (Å²) in [5, 5.41) is 2.76. The van der Waals surface area contributed by atoms with Crippen molar-refractivity contribution in [1.29, 1.82) is 0 Å². The molecular weight excluding hydrogens is 446 g/mol. The van der Waals surface area contributed by atoms with Gasteiger partial charge in [-0.25, -0.2) is 8.42 Å². The van der Waals surface area contributed by atoms with E-state index in [-0.39, 0.29) is 29.7 Å². The fraction of sp³-hybridized carbons (Fsp3) is 0.391. The first kappa shape index (κ1) is 24.5. The summed E-state index contributed by atoms with van der Waals surface area (Å²) in [5.74, 6) is -0.0753. The second-order valence-corrected chi connectivity index (χ2v) is 9.49. The highest BCUT2D eigenvalue weighted by Crippen LogP contribution is 2.36. The Bertz CT molecular complexity index is 1130. The molecule has 178 valence electrons. The molecule has 1 fully saturated rings. The number of amides is 2. The number of anilines is 2. The molecule has 0 aromatic heterocycles. The largest absolute Gasteiger partial charge is 0.497 e. The fourth-order valence-electron chi connectivity index (χ4n) is 3.82. The summed E-state index contributed by atoms with van der Waals surface area (Å²) in [6.07, 6.45) is 0.0401. The van der Waals surface area contributed by atoms with E-state index in [1.807, 2.05) is 0 Å². The molecule has 0 saturated carbocycles. The zero-order valence-corrected chi connectivity index (χ0v) is 20.0. The lowest BCUT2D eigenvalue weighted by atomic mass is 10.1. The number of rotatable bonds is 9. The molecular formula is C23H29N3O6S. The minimum atomic E-state index is -3.65. The van der Waals surface area contributed by atoms with Gasteiger partial charge < -0.3 is 19.7 Å². The Morgan fingerprint density at radius 3 is 2.48 bits per heavy atom. The second kappa shape index (κ2) is 10.2. The average molecular weight is 476 g/mol. The van der Waals surface area contributed by atoms with Crippen LogP contribution in [0.15, 0.2) is 47.4 Å². The van der Waals surface area contributed by atoms with Gasteiger partial charge in [-0.2, -0.15) is 4.31 Å². The fourth-order valence-corrected chi connectivity index (χ4v) is 5.32. The maximum Gasteiger partial charge on any atom is 0.243 e. The van der Waals surface area contributed by atoms with E-state index in [0.717, 1.165) is 0 Å². The van der Waals surface area contributed by atoms with Gasteiger partial charge in [0.05, 0.1) is 30.7 Å². The summed E-state index contributed by atoms with van der Waals surface area (Å²) in [6.45, 7) is 4.43. The lowest BCUT2D eigenvalue weighted by Gasteiger charge is -2.20. The number of ether oxygens (including phenoxy) is 2. The molecule has 9 nitrogen and oxygen atoms in total. The Hall–Kier alpha value is -3.11. The summed E-state index contributed by atoms with van der Waals surface area (Å²) < 4.78 is 37.5. The van der Waals surface area contributed by atoms with E-state index in [1.54, 1.807) is 44.2 Å². The number of hydrogen-bond acceptors (Lipinski definition) is 6. The molecule has 0 bridgehead atoms. The zero-order chi connectivity index (χ0) is 24.2. The van der Waals surface area contributed by atoms with Gasteiger partial charge in [0.1, 0.15) is 11.5 Å². The van der Waals surface area contributed by atoms with Gasteiger partial charge in [-0.15, -0.1) is 0 Å². The Morgan fingerprint density at radius 1 is 1.12 bits per heavy atom. The third-order valence-corrected chi connectivity index (χ3v) is 7.66. The van der Waals surface area contributed by atoms with Crippen LogP contribution in [0.1, 0.15) is 20.3 Å². The molecule has 1 saturated heterocycles. The Labute approximate surface area is 194 Å². The highest BCUT2D eigenvalue weighted by atomic mass is 32.2. The van der Waals surface area contributed by atoms with Gasteiger partial charge in [0, 0.05) is 37.8 Å². The molecule has 0 spiro atoms. The summed E-state index contributed by atoms with van der Waals surface area (Å²) in [7, 11) is -0.608. The first-order valence-corrected chi connectivity index (χ1v) is 12.1. The Kier molecular flexibility index (Phi) is 7.60. The van der Waals surface area contributed by atoms with Crippen molar-refractivity contribution in [2.24, 2.45) is 5.92 Å². The van der Waals surface area contributed by atoms with Gasteiger partial charge in [0.25, 0.3) is 0 Å². The number of methoxy groups -OCH3 is 2. The van der Waals surface area contributed by atoms with Crippen LogP contribution in [0.5, 0.6) is 11.5 Å². The van der Waals surface area contributed by atoms with Crippen LogP contribution in [0.25, 0.3) is 0 Å². The highest BCUT2D eigenvalue weighted by Gasteiger charge is 2.36. The molecule has 1 aliphatic rings. The van der Waals surface area contributed by atoms with Gasteiger partial charge in [0.15, 0.2) is 0 Å². The topological polar surface area (TPSA) is 105 Å². The molecule has 0 unspecified atom stereocenters. The van der Waals surface area contributed by atoms with Crippen LogP contribution in [-0.4, -0.2) is 58.4 Å². The molecule has 3 rings (SSSR count). The molecule has 1 N–H and O–H groups in total. The van der Waals surface area contributed by atoms with E-state index in [1.165, 1.54) is 35.6 Å². The number of sulfonamides is 1. The molecule has 0 radical (unpaired) electrons. The van der Waals surface area contributed by atoms with Crippen molar-refractivity contribution in [2.45, 2.75) is 25.2 Å². The van der Waals surface area contributed by atoms with E-state index in [4.69, 9.17) is 9.47 Å². The average Bonchev–Trinajstić information content (AvgIpc) is 3.21. The van der Waals surface area contributed by atoms with E-state index in [0.29, 0.717) is 36.0 Å². The summed E-state index contributed by atoms with van der Waals surface area (Å²) in [6, 6.07) is 11.3. The predicted octanol–water partition coefficient (Wildman–Crippen LogP) is 2.73. The number of carbonyl (C=O) groups is 2. The van der Waals surface area contributed by atoms with Crippen molar-refractivity contribution in [1.82, 2.24) is 4.31 Å². The highest BCUT2D eigenvalue weighted by molar-refractivity contribution is 7.89. The van der Waals surface area contributed by atoms with Crippen LogP contribution in [0, 0.1) is 5.92 Å². The summed E-state index contributed by atoms with van der Waals surface area (Å²) in [4.78, 5) is 27.2. The minimum absolute atomic E-state index is 0.0401. The van der Waals surface area contributed by atoms with Gasteiger partial charge in [-0.3, -0.25) is 9.59 Å². The summed E-state index contributed by atoms with van der Waals surface area (Å²) >= 11 is 0. The molecule has 1 heterocycles. The monoisotopic (exact) mass is 475 g/mol. The smallest absolute Gasteiger partial charge is 0.243 e. The van der Waals surface area contributed by atoms with E-state index in [9.17, 15) is 18.0 Å².